The van der Waals surface area contributed by atoms with Crippen LogP contribution >= 0.6 is 11.8 Å². The number of hydrogen-bond donors (Lipinski definition) is 1. The summed E-state index contributed by atoms with van der Waals surface area (Å²) in [5.74, 6) is -0.222. The van der Waals surface area contributed by atoms with Gasteiger partial charge in [0.15, 0.2) is 5.78 Å². The molecule has 0 aromatic heterocycles. The van der Waals surface area contributed by atoms with Crippen LogP contribution in [0.3, 0.4) is 0 Å². The lowest BCUT2D eigenvalue weighted by molar-refractivity contribution is -0.139. The van der Waals surface area contributed by atoms with E-state index < -0.39 is 5.97 Å². The molecule has 148 valence electrons. The Hall–Kier alpha value is -2.52. The van der Waals surface area contributed by atoms with E-state index in [1.54, 1.807) is 19.1 Å². The summed E-state index contributed by atoms with van der Waals surface area (Å²) < 4.78 is 5.22. The molecule has 1 atom stereocenters. The normalized spacial score (nSPS) is 16.6. The molecule has 6 heteroatoms. The van der Waals surface area contributed by atoms with Crippen LogP contribution < -0.4 is 5.32 Å². The molecule has 1 aromatic rings. The van der Waals surface area contributed by atoms with Crippen LogP contribution in [0.5, 0.6) is 0 Å². The Labute approximate surface area is 170 Å². The molecule has 0 radical (unpaired) electrons. The fourth-order valence-corrected chi connectivity index (χ4v) is 4.18. The lowest BCUT2D eigenvalue weighted by Gasteiger charge is -2.29. The summed E-state index contributed by atoms with van der Waals surface area (Å²) in [6.45, 7) is 7.97. The second-order valence-electron chi connectivity index (χ2n) is 7.00. The van der Waals surface area contributed by atoms with E-state index in [-0.39, 0.29) is 24.1 Å². The fourth-order valence-electron chi connectivity index (χ4n) is 3.17. The molecule has 0 fully saturated rings. The molecule has 2 rings (SSSR count). The molecule has 1 aliphatic heterocycles. The van der Waals surface area contributed by atoms with E-state index in [0.29, 0.717) is 39.8 Å². The Balaban J connectivity index is 2.29. The number of nitrogens with zero attached hydrogens (tertiary/aromatic N) is 1. The summed E-state index contributed by atoms with van der Waals surface area (Å²) in [4.78, 5) is 24.9. The van der Waals surface area contributed by atoms with Crippen molar-refractivity contribution in [2.24, 2.45) is 11.8 Å². The van der Waals surface area contributed by atoms with Crippen molar-refractivity contribution in [1.82, 2.24) is 5.32 Å². The van der Waals surface area contributed by atoms with Gasteiger partial charge >= 0.3 is 5.97 Å². The molecule has 1 unspecified atom stereocenters. The zero-order valence-corrected chi connectivity index (χ0v) is 17.6. The van der Waals surface area contributed by atoms with Crippen LogP contribution in [-0.4, -0.2) is 24.1 Å². The number of ether oxygens (including phenoxy) is 1. The van der Waals surface area contributed by atoms with Crippen molar-refractivity contribution in [3.63, 3.8) is 0 Å². The molecule has 0 amide bonds. The first-order valence-corrected chi connectivity index (χ1v) is 10.4. The molecular formula is C22H26N2O3S. The molecule has 1 aliphatic rings. The number of thioether (sulfide) groups is 1. The molecular weight excluding hydrogens is 372 g/mol. The molecule has 0 saturated heterocycles. The Morgan fingerprint density at radius 3 is 2.54 bits per heavy atom. The molecule has 1 N–H and O–H groups in total. The predicted molar refractivity (Wildman–Crippen MR) is 111 cm³/mol. The van der Waals surface area contributed by atoms with Crippen molar-refractivity contribution in [2.45, 2.75) is 34.1 Å². The van der Waals surface area contributed by atoms with Crippen molar-refractivity contribution in [3.05, 3.63) is 57.8 Å². The highest BCUT2D eigenvalue weighted by Crippen LogP contribution is 2.38. The number of benzene rings is 1. The van der Waals surface area contributed by atoms with E-state index >= 15 is 0 Å². The molecule has 5 nitrogen and oxygen atoms in total. The summed E-state index contributed by atoms with van der Waals surface area (Å²) in [5.41, 5.74) is 2.32. The number of Topliss-reactive ketones (excluding diaryl/α,β-unsaturated/α-hetero) is 1. The van der Waals surface area contributed by atoms with Gasteiger partial charge in [0.05, 0.1) is 34.6 Å². The van der Waals surface area contributed by atoms with Crippen LogP contribution in [0.1, 0.15) is 44.5 Å². The number of esters is 1. The van der Waals surface area contributed by atoms with Crippen LogP contribution in [0.15, 0.2) is 52.2 Å². The number of ketones is 1. The van der Waals surface area contributed by atoms with Gasteiger partial charge in [-0.2, -0.15) is 5.26 Å². The number of rotatable bonds is 8. The molecule has 1 aromatic carbocycles. The third kappa shape index (κ3) is 5.26. The molecule has 0 saturated carbocycles. The minimum absolute atomic E-state index is 0.00424. The van der Waals surface area contributed by atoms with Gasteiger partial charge in [-0.1, -0.05) is 55.9 Å². The number of hydrogen-bond acceptors (Lipinski definition) is 6. The van der Waals surface area contributed by atoms with E-state index in [0.717, 1.165) is 0 Å². The monoisotopic (exact) mass is 398 g/mol. The quantitative estimate of drug-likeness (QED) is 0.515. The molecule has 0 aliphatic carbocycles. The van der Waals surface area contributed by atoms with Crippen molar-refractivity contribution in [1.29, 1.82) is 5.26 Å². The fraction of sp³-hybridized carbons (Fsp3) is 0.409. The Morgan fingerprint density at radius 2 is 1.96 bits per heavy atom. The number of carbonyl (C=O) groups is 2. The van der Waals surface area contributed by atoms with Gasteiger partial charge in [0.2, 0.25) is 0 Å². The first-order valence-electron chi connectivity index (χ1n) is 9.39. The number of allylic oxidation sites excluding steroid dienone is 2. The van der Waals surface area contributed by atoms with E-state index in [2.05, 4.69) is 25.2 Å². The minimum atomic E-state index is -0.393. The van der Waals surface area contributed by atoms with Gasteiger partial charge in [-0.15, -0.1) is 0 Å². The molecule has 28 heavy (non-hydrogen) atoms. The van der Waals surface area contributed by atoms with Crippen LogP contribution in [-0.2, 0) is 9.53 Å². The second kappa shape index (κ2) is 10.1. The van der Waals surface area contributed by atoms with E-state index in [9.17, 15) is 14.9 Å². The number of dihydropyridines is 1. The van der Waals surface area contributed by atoms with Gasteiger partial charge in [0.25, 0.3) is 0 Å². The van der Waals surface area contributed by atoms with Crippen molar-refractivity contribution >= 4 is 23.5 Å². The summed E-state index contributed by atoms with van der Waals surface area (Å²) in [5, 5.41) is 13.6. The van der Waals surface area contributed by atoms with Crippen molar-refractivity contribution in [3.8, 4) is 6.07 Å². The predicted octanol–water partition coefficient (Wildman–Crippen LogP) is 4.44. The van der Waals surface area contributed by atoms with Gasteiger partial charge in [0, 0.05) is 17.2 Å². The maximum Gasteiger partial charge on any atom is 0.336 e. The number of carbonyl (C=O) groups excluding carboxylic acids is 2. The summed E-state index contributed by atoms with van der Waals surface area (Å²) in [6.07, 6.45) is 0.659. The van der Waals surface area contributed by atoms with Gasteiger partial charge in [-0.05, 0) is 26.2 Å². The lowest BCUT2D eigenvalue weighted by Crippen LogP contribution is -2.31. The van der Waals surface area contributed by atoms with Crippen molar-refractivity contribution in [2.75, 3.05) is 12.4 Å². The van der Waals surface area contributed by atoms with Crippen LogP contribution in [0, 0.1) is 23.2 Å². The zero-order valence-electron chi connectivity index (χ0n) is 16.7. The third-order valence-electron chi connectivity index (χ3n) is 4.41. The lowest BCUT2D eigenvalue weighted by atomic mass is 9.82. The SMILES string of the molecule is CCOC(=O)C1=C(C)NC(SCC(=O)c2ccccc2)=C(C#N)C1CC(C)C. The van der Waals surface area contributed by atoms with Crippen LogP contribution in [0.25, 0.3) is 0 Å². The van der Waals surface area contributed by atoms with Crippen LogP contribution in [0.2, 0.25) is 0 Å². The van der Waals surface area contributed by atoms with Gasteiger partial charge in [-0.25, -0.2) is 4.79 Å². The van der Waals surface area contributed by atoms with E-state index in [1.807, 2.05) is 25.1 Å². The zero-order chi connectivity index (χ0) is 20.7. The van der Waals surface area contributed by atoms with E-state index in [4.69, 9.17) is 4.74 Å². The smallest absolute Gasteiger partial charge is 0.336 e. The van der Waals surface area contributed by atoms with Crippen molar-refractivity contribution < 1.29 is 14.3 Å². The summed E-state index contributed by atoms with van der Waals surface area (Å²) in [6, 6.07) is 11.3. The van der Waals surface area contributed by atoms with Gasteiger partial charge < -0.3 is 10.1 Å². The highest BCUT2D eigenvalue weighted by atomic mass is 32.2. The Morgan fingerprint density at radius 1 is 1.29 bits per heavy atom. The largest absolute Gasteiger partial charge is 0.463 e. The van der Waals surface area contributed by atoms with Gasteiger partial charge in [-0.3, -0.25) is 4.79 Å². The average Bonchev–Trinajstić information content (AvgIpc) is 2.66. The average molecular weight is 399 g/mol. The molecule has 0 bridgehead atoms. The standard InChI is InChI=1S/C22H26N2O3S/c1-5-27-22(26)20-15(4)24-21(18(12-23)17(20)11-14(2)3)28-13-19(25)16-9-7-6-8-10-16/h6-10,14,17,24H,5,11,13H2,1-4H3. The van der Waals surface area contributed by atoms with E-state index in [1.165, 1.54) is 11.8 Å². The molecule has 1 heterocycles. The first-order chi connectivity index (χ1) is 13.4. The number of nitriles is 1. The first kappa shape index (κ1) is 21.8. The third-order valence-corrected chi connectivity index (χ3v) is 5.43. The summed E-state index contributed by atoms with van der Waals surface area (Å²) in [7, 11) is 0. The highest BCUT2D eigenvalue weighted by Gasteiger charge is 2.34. The Bertz CT molecular complexity index is 835. The maximum atomic E-state index is 12.5. The second-order valence-corrected chi connectivity index (χ2v) is 7.98. The maximum absolute atomic E-state index is 12.5. The highest BCUT2D eigenvalue weighted by molar-refractivity contribution is 8.03. The summed E-state index contributed by atoms with van der Waals surface area (Å²) >= 11 is 1.30. The Kier molecular flexibility index (Phi) is 7.89. The minimum Gasteiger partial charge on any atom is -0.463 e. The van der Waals surface area contributed by atoms with Gasteiger partial charge in [0.1, 0.15) is 0 Å². The topological polar surface area (TPSA) is 79.2 Å². The number of nitrogens with one attached hydrogen (secondary N) is 1. The van der Waals surface area contributed by atoms with Crippen LogP contribution in [0.4, 0.5) is 0 Å². The molecule has 0 spiro atoms.